The number of rotatable bonds is 6. The van der Waals surface area contributed by atoms with E-state index in [1.807, 2.05) is 20.8 Å². The molecule has 2 N–H and O–H groups in total. The van der Waals surface area contributed by atoms with Crippen molar-refractivity contribution in [1.29, 1.82) is 0 Å². The lowest BCUT2D eigenvalue weighted by molar-refractivity contribution is 0.537. The molecule has 1 rings (SSSR count). The monoisotopic (exact) mass is 376 g/mol. The summed E-state index contributed by atoms with van der Waals surface area (Å²) in [6.07, 6.45) is 0. The molecule has 8 heteroatoms. The van der Waals surface area contributed by atoms with Gasteiger partial charge in [-0.1, -0.05) is 6.92 Å². The summed E-state index contributed by atoms with van der Waals surface area (Å²) in [6.45, 7) is 7.03. The van der Waals surface area contributed by atoms with Gasteiger partial charge in [0.2, 0.25) is 10.0 Å². The van der Waals surface area contributed by atoms with E-state index in [4.69, 9.17) is 0 Å². The van der Waals surface area contributed by atoms with Gasteiger partial charge in [0.05, 0.1) is 3.79 Å². The molecule has 0 saturated carbocycles. The predicted octanol–water partition coefficient (Wildman–Crippen LogP) is 2.52. The molecule has 4 nitrogen and oxygen atoms in total. The molecule has 0 aliphatic rings. The van der Waals surface area contributed by atoms with E-state index in [1.54, 1.807) is 6.07 Å². The molecule has 0 fully saturated rings. The molecular weight excluding hydrogens is 360 g/mol. The second kappa shape index (κ2) is 7.81. The Bertz CT molecular complexity index is 457. The molecule has 106 valence electrons. The van der Waals surface area contributed by atoms with Crippen LogP contribution in [0.15, 0.2) is 14.1 Å². The van der Waals surface area contributed by atoms with Gasteiger partial charge in [0.15, 0.2) is 0 Å². The molecular formula is C10H18BrClN2O2S2. The topological polar surface area (TPSA) is 58.2 Å². The molecule has 0 unspecified atom stereocenters. The Morgan fingerprint density at radius 1 is 1.50 bits per heavy atom. The van der Waals surface area contributed by atoms with Crippen molar-refractivity contribution in [3.8, 4) is 0 Å². The van der Waals surface area contributed by atoms with E-state index < -0.39 is 10.0 Å². The lowest BCUT2D eigenvalue weighted by Crippen LogP contribution is -2.38. The standard InChI is InChI=1S/C10H17BrN2O2S2.ClH/c1-4-12-8(3)6-13-17(14,15)9-5-7(2)10(11)16-9;/h5,8,12-13H,4,6H2,1-3H3;1H/t8-;/m1./s1. The summed E-state index contributed by atoms with van der Waals surface area (Å²) in [6, 6.07) is 1.80. The number of halogens is 2. The summed E-state index contributed by atoms with van der Waals surface area (Å²) in [4.78, 5) is 0. The smallest absolute Gasteiger partial charge is 0.250 e. The molecule has 18 heavy (non-hydrogen) atoms. The number of hydrogen-bond donors (Lipinski definition) is 2. The van der Waals surface area contributed by atoms with Gasteiger partial charge in [-0.2, -0.15) is 0 Å². The molecule has 1 aromatic heterocycles. The number of likely N-dealkylation sites (N-methyl/N-ethyl adjacent to an activating group) is 1. The zero-order valence-electron chi connectivity index (χ0n) is 10.5. The number of aryl methyl sites for hydroxylation is 1. The van der Waals surface area contributed by atoms with E-state index in [0.717, 1.165) is 15.9 Å². The highest BCUT2D eigenvalue weighted by molar-refractivity contribution is 9.11. The first-order valence-electron chi connectivity index (χ1n) is 5.35. The lowest BCUT2D eigenvalue weighted by atomic mass is 10.3. The van der Waals surface area contributed by atoms with Crippen LogP contribution in [0.2, 0.25) is 0 Å². The maximum atomic E-state index is 12.0. The van der Waals surface area contributed by atoms with Crippen molar-refractivity contribution in [2.45, 2.75) is 31.0 Å². The first-order chi connectivity index (χ1) is 7.86. The average molecular weight is 378 g/mol. The maximum absolute atomic E-state index is 12.0. The van der Waals surface area contributed by atoms with Gasteiger partial charge in [-0.15, -0.1) is 23.7 Å². The fraction of sp³-hybridized carbons (Fsp3) is 0.600. The minimum Gasteiger partial charge on any atom is -0.313 e. The fourth-order valence-electron chi connectivity index (χ4n) is 1.29. The van der Waals surface area contributed by atoms with Gasteiger partial charge >= 0.3 is 0 Å². The van der Waals surface area contributed by atoms with Gasteiger partial charge in [0, 0.05) is 12.6 Å². The van der Waals surface area contributed by atoms with Gasteiger partial charge < -0.3 is 5.32 Å². The molecule has 0 spiro atoms. The first kappa shape index (κ1) is 18.3. The normalized spacial score (nSPS) is 13.1. The van der Waals surface area contributed by atoms with E-state index in [9.17, 15) is 8.42 Å². The highest BCUT2D eigenvalue weighted by Crippen LogP contribution is 2.30. The van der Waals surface area contributed by atoms with Crippen molar-refractivity contribution in [2.24, 2.45) is 0 Å². The van der Waals surface area contributed by atoms with Gasteiger partial charge in [0.25, 0.3) is 0 Å². The molecule has 0 bridgehead atoms. The van der Waals surface area contributed by atoms with E-state index in [0.29, 0.717) is 10.8 Å². The van der Waals surface area contributed by atoms with Crippen molar-refractivity contribution in [3.63, 3.8) is 0 Å². The number of thiophene rings is 1. The Morgan fingerprint density at radius 2 is 2.11 bits per heavy atom. The third-order valence-electron chi connectivity index (χ3n) is 2.23. The van der Waals surface area contributed by atoms with E-state index in [1.165, 1.54) is 11.3 Å². The highest BCUT2D eigenvalue weighted by atomic mass is 79.9. The molecule has 0 saturated heterocycles. The zero-order chi connectivity index (χ0) is 13.1. The van der Waals surface area contributed by atoms with Gasteiger partial charge in [-0.3, -0.25) is 0 Å². The van der Waals surface area contributed by atoms with Gasteiger partial charge in [0.1, 0.15) is 4.21 Å². The van der Waals surface area contributed by atoms with Crippen molar-refractivity contribution < 1.29 is 8.42 Å². The van der Waals surface area contributed by atoms with Crippen molar-refractivity contribution in [2.75, 3.05) is 13.1 Å². The number of sulfonamides is 1. The van der Waals surface area contributed by atoms with E-state index in [2.05, 4.69) is 26.0 Å². The summed E-state index contributed by atoms with van der Waals surface area (Å²) >= 11 is 4.56. The van der Waals surface area contributed by atoms with Crippen molar-refractivity contribution in [1.82, 2.24) is 10.0 Å². The molecule has 0 aromatic carbocycles. The Balaban J connectivity index is 0.00000289. The van der Waals surface area contributed by atoms with Gasteiger partial charge in [-0.05, 0) is 48.0 Å². The van der Waals surface area contributed by atoms with Crippen LogP contribution in [0.1, 0.15) is 19.4 Å². The largest absolute Gasteiger partial charge is 0.313 e. The van der Waals surface area contributed by atoms with Crippen LogP contribution in [-0.4, -0.2) is 27.5 Å². The first-order valence-corrected chi connectivity index (χ1v) is 8.45. The van der Waals surface area contributed by atoms with Crippen LogP contribution in [0.4, 0.5) is 0 Å². The SMILES string of the molecule is CCN[C@H](C)CNS(=O)(=O)c1cc(C)c(Br)s1.Cl. The van der Waals surface area contributed by atoms with E-state index in [-0.39, 0.29) is 18.4 Å². The van der Waals surface area contributed by atoms with Crippen LogP contribution in [0.3, 0.4) is 0 Å². The highest BCUT2D eigenvalue weighted by Gasteiger charge is 2.18. The van der Waals surface area contributed by atoms with Crippen LogP contribution in [-0.2, 0) is 10.0 Å². The summed E-state index contributed by atoms with van der Waals surface area (Å²) in [5.41, 5.74) is 0.940. The molecule has 0 aliphatic heterocycles. The molecule has 1 heterocycles. The third-order valence-corrected chi connectivity index (χ3v) is 6.27. The predicted molar refractivity (Wildman–Crippen MR) is 82.3 cm³/mol. The van der Waals surface area contributed by atoms with Crippen molar-refractivity contribution in [3.05, 3.63) is 15.4 Å². The summed E-state index contributed by atoms with van der Waals surface area (Å²) in [7, 11) is -3.38. The van der Waals surface area contributed by atoms with Crippen LogP contribution in [0, 0.1) is 6.92 Å². The second-order valence-corrected chi connectivity index (χ2v) is 8.20. The van der Waals surface area contributed by atoms with Crippen molar-refractivity contribution >= 4 is 49.7 Å². The zero-order valence-corrected chi connectivity index (χ0v) is 14.5. The lowest BCUT2D eigenvalue weighted by Gasteiger charge is -2.12. The van der Waals surface area contributed by atoms with Gasteiger partial charge in [-0.25, -0.2) is 13.1 Å². The van der Waals surface area contributed by atoms with Crippen LogP contribution >= 0.6 is 39.7 Å². The Labute approximate surface area is 127 Å². The molecule has 0 amide bonds. The maximum Gasteiger partial charge on any atom is 0.250 e. The quantitative estimate of drug-likeness (QED) is 0.801. The Kier molecular flexibility index (Phi) is 7.96. The second-order valence-electron chi connectivity index (χ2n) is 3.83. The summed E-state index contributed by atoms with van der Waals surface area (Å²) in [5, 5.41) is 3.15. The number of hydrogen-bond acceptors (Lipinski definition) is 4. The molecule has 1 aromatic rings. The van der Waals surface area contributed by atoms with Crippen LogP contribution in [0.25, 0.3) is 0 Å². The van der Waals surface area contributed by atoms with Crippen LogP contribution < -0.4 is 10.0 Å². The molecule has 0 aliphatic carbocycles. The third kappa shape index (κ3) is 5.14. The minimum atomic E-state index is -3.38. The minimum absolute atomic E-state index is 0. The Hall–Kier alpha value is 0.340. The van der Waals surface area contributed by atoms with Crippen LogP contribution in [0.5, 0.6) is 0 Å². The average Bonchev–Trinajstić information content (AvgIpc) is 2.58. The molecule has 1 atom stereocenters. The summed E-state index contributed by atoms with van der Waals surface area (Å²) in [5.74, 6) is 0. The Morgan fingerprint density at radius 3 is 2.56 bits per heavy atom. The number of nitrogens with one attached hydrogen (secondary N) is 2. The fourth-order valence-corrected chi connectivity index (χ4v) is 4.69. The molecule has 0 radical (unpaired) electrons. The summed E-state index contributed by atoms with van der Waals surface area (Å²) < 4.78 is 27.7. The van der Waals surface area contributed by atoms with E-state index >= 15 is 0 Å².